The van der Waals surface area contributed by atoms with E-state index in [9.17, 15) is 22.8 Å². The second kappa shape index (κ2) is 6.85. The summed E-state index contributed by atoms with van der Waals surface area (Å²) in [6.07, 6.45) is -1.75. The Kier molecular flexibility index (Phi) is 4.49. The summed E-state index contributed by atoms with van der Waals surface area (Å²) in [6, 6.07) is 7.52. The van der Waals surface area contributed by atoms with Crippen molar-refractivity contribution in [2.45, 2.75) is 31.9 Å². The van der Waals surface area contributed by atoms with E-state index in [0.717, 1.165) is 41.8 Å². The fourth-order valence-electron chi connectivity index (χ4n) is 3.79. The topological polar surface area (TPSA) is 61.4 Å². The first-order chi connectivity index (χ1) is 13.3. The molecule has 146 valence electrons. The average molecular weight is 389 g/mol. The SMILES string of the molecule is O=C(Nc1cccc(C(F)(F)F)c1)Nc1cc2c3c(c1)CCC(=O)N3CCC2. The zero-order chi connectivity index (χ0) is 19.9. The number of benzene rings is 2. The molecule has 2 heterocycles. The number of anilines is 3. The van der Waals surface area contributed by atoms with E-state index in [0.29, 0.717) is 25.1 Å². The Labute approximate surface area is 159 Å². The predicted octanol–water partition coefficient (Wildman–Crippen LogP) is 4.57. The number of urea groups is 1. The number of hydrogen-bond acceptors (Lipinski definition) is 2. The number of carbonyl (C=O) groups is 2. The Morgan fingerprint density at radius 1 is 0.964 bits per heavy atom. The Bertz CT molecular complexity index is 939. The first kappa shape index (κ1) is 18.3. The smallest absolute Gasteiger partial charge is 0.312 e. The maximum absolute atomic E-state index is 12.8. The van der Waals surface area contributed by atoms with Crippen molar-refractivity contribution in [2.75, 3.05) is 22.1 Å². The number of nitrogens with zero attached hydrogens (tertiary/aromatic N) is 1. The molecule has 5 nitrogen and oxygen atoms in total. The summed E-state index contributed by atoms with van der Waals surface area (Å²) >= 11 is 0. The van der Waals surface area contributed by atoms with Gasteiger partial charge < -0.3 is 15.5 Å². The van der Waals surface area contributed by atoms with Crippen molar-refractivity contribution in [3.05, 3.63) is 53.1 Å². The monoisotopic (exact) mass is 389 g/mol. The molecule has 2 N–H and O–H groups in total. The fourth-order valence-corrected chi connectivity index (χ4v) is 3.79. The largest absolute Gasteiger partial charge is 0.416 e. The van der Waals surface area contributed by atoms with Crippen molar-refractivity contribution >= 4 is 29.0 Å². The second-order valence-electron chi connectivity index (χ2n) is 6.95. The van der Waals surface area contributed by atoms with E-state index < -0.39 is 17.8 Å². The van der Waals surface area contributed by atoms with E-state index in [4.69, 9.17) is 0 Å². The van der Waals surface area contributed by atoms with Crippen LogP contribution in [0.2, 0.25) is 0 Å². The van der Waals surface area contributed by atoms with Crippen LogP contribution in [0.25, 0.3) is 0 Å². The van der Waals surface area contributed by atoms with Gasteiger partial charge in [-0.1, -0.05) is 6.07 Å². The summed E-state index contributed by atoms with van der Waals surface area (Å²) in [5.74, 6) is 0.122. The van der Waals surface area contributed by atoms with Crippen LogP contribution in [-0.4, -0.2) is 18.5 Å². The number of halogens is 3. The highest BCUT2D eigenvalue weighted by atomic mass is 19.4. The molecule has 8 heteroatoms. The van der Waals surface area contributed by atoms with Gasteiger partial charge in [-0.05, 0) is 60.7 Å². The minimum Gasteiger partial charge on any atom is -0.312 e. The molecular formula is C20H18F3N3O2. The van der Waals surface area contributed by atoms with E-state index in [2.05, 4.69) is 10.6 Å². The molecule has 0 saturated heterocycles. The Morgan fingerprint density at radius 3 is 2.43 bits per heavy atom. The van der Waals surface area contributed by atoms with Crippen molar-refractivity contribution in [3.8, 4) is 0 Å². The molecule has 2 aromatic carbocycles. The van der Waals surface area contributed by atoms with Crippen LogP contribution in [0.1, 0.15) is 29.5 Å². The third-order valence-electron chi connectivity index (χ3n) is 4.98. The molecule has 0 spiro atoms. The first-order valence-electron chi connectivity index (χ1n) is 9.03. The number of aryl methyl sites for hydroxylation is 2. The molecule has 4 rings (SSSR count). The van der Waals surface area contributed by atoms with Crippen molar-refractivity contribution in [1.82, 2.24) is 0 Å². The number of nitrogens with one attached hydrogen (secondary N) is 2. The zero-order valence-corrected chi connectivity index (χ0v) is 14.9. The van der Waals surface area contributed by atoms with E-state index in [1.165, 1.54) is 12.1 Å². The predicted molar refractivity (Wildman–Crippen MR) is 99.5 cm³/mol. The number of rotatable bonds is 2. The number of hydrogen-bond donors (Lipinski definition) is 2. The fraction of sp³-hybridized carbons (Fsp3) is 0.300. The lowest BCUT2D eigenvalue weighted by Crippen LogP contribution is -2.39. The number of alkyl halides is 3. The Morgan fingerprint density at radius 2 is 1.68 bits per heavy atom. The van der Waals surface area contributed by atoms with Crippen molar-refractivity contribution in [1.29, 1.82) is 0 Å². The van der Waals surface area contributed by atoms with Gasteiger partial charge in [0.25, 0.3) is 0 Å². The minimum absolute atomic E-state index is 0.0587. The molecule has 2 aliphatic rings. The van der Waals surface area contributed by atoms with Crippen LogP contribution in [-0.2, 0) is 23.8 Å². The van der Waals surface area contributed by atoms with Crippen LogP contribution in [0.4, 0.5) is 35.0 Å². The highest BCUT2D eigenvalue weighted by molar-refractivity contribution is 6.02. The number of carbonyl (C=O) groups excluding carboxylic acids is 2. The summed E-state index contributed by atoms with van der Waals surface area (Å²) in [6.45, 7) is 0.710. The quantitative estimate of drug-likeness (QED) is 0.790. The summed E-state index contributed by atoms with van der Waals surface area (Å²) in [4.78, 5) is 26.2. The zero-order valence-electron chi connectivity index (χ0n) is 14.9. The first-order valence-corrected chi connectivity index (χ1v) is 9.03. The normalized spacial score (nSPS) is 15.8. The second-order valence-corrected chi connectivity index (χ2v) is 6.95. The minimum atomic E-state index is -4.47. The summed E-state index contributed by atoms with van der Waals surface area (Å²) in [5, 5.41) is 5.12. The van der Waals surface area contributed by atoms with Crippen LogP contribution in [0.15, 0.2) is 36.4 Å². The van der Waals surface area contributed by atoms with Gasteiger partial charge >= 0.3 is 12.2 Å². The molecule has 0 atom stereocenters. The average Bonchev–Trinajstić information content (AvgIpc) is 2.64. The molecule has 3 amide bonds. The van der Waals surface area contributed by atoms with Gasteiger partial charge in [-0.2, -0.15) is 13.2 Å². The van der Waals surface area contributed by atoms with E-state index >= 15 is 0 Å². The highest BCUT2D eigenvalue weighted by Gasteiger charge is 2.31. The maximum Gasteiger partial charge on any atom is 0.416 e. The molecule has 0 radical (unpaired) electrons. The summed E-state index contributed by atoms with van der Waals surface area (Å²) in [5.41, 5.74) is 2.76. The van der Waals surface area contributed by atoms with Gasteiger partial charge in [-0.3, -0.25) is 4.79 Å². The van der Waals surface area contributed by atoms with E-state index in [-0.39, 0.29) is 11.6 Å². The van der Waals surface area contributed by atoms with Gasteiger partial charge in [0.15, 0.2) is 0 Å². The lowest BCUT2D eigenvalue weighted by Gasteiger charge is -2.35. The van der Waals surface area contributed by atoms with Crippen LogP contribution in [0, 0.1) is 0 Å². The highest BCUT2D eigenvalue weighted by Crippen LogP contribution is 2.38. The molecule has 2 aliphatic heterocycles. The van der Waals surface area contributed by atoms with Gasteiger partial charge in [0.2, 0.25) is 5.91 Å². The maximum atomic E-state index is 12.8. The Balaban J connectivity index is 1.52. The molecule has 2 aromatic rings. The van der Waals surface area contributed by atoms with Gasteiger partial charge in [0.1, 0.15) is 0 Å². The lowest BCUT2D eigenvalue weighted by atomic mass is 9.91. The van der Waals surface area contributed by atoms with Crippen LogP contribution in [0.5, 0.6) is 0 Å². The van der Waals surface area contributed by atoms with E-state index in [1.807, 2.05) is 17.0 Å². The van der Waals surface area contributed by atoms with Crippen molar-refractivity contribution in [2.24, 2.45) is 0 Å². The molecule has 0 aromatic heterocycles. The molecule has 0 fully saturated rings. The van der Waals surface area contributed by atoms with Crippen LogP contribution < -0.4 is 15.5 Å². The molecule has 0 aliphatic carbocycles. The van der Waals surface area contributed by atoms with Crippen LogP contribution in [0.3, 0.4) is 0 Å². The standard InChI is InChI=1S/C20H18F3N3O2/c21-20(22,23)14-4-1-5-15(11-14)24-19(28)25-16-9-12-3-2-8-26-17(27)7-6-13(10-16)18(12)26/h1,4-5,9-11H,2-3,6-8H2,(H2,24,25,28). The molecular weight excluding hydrogens is 371 g/mol. The van der Waals surface area contributed by atoms with Crippen LogP contribution >= 0.6 is 0 Å². The van der Waals surface area contributed by atoms with Gasteiger partial charge in [0, 0.05) is 24.3 Å². The molecule has 0 bridgehead atoms. The lowest BCUT2D eigenvalue weighted by molar-refractivity contribution is -0.137. The third kappa shape index (κ3) is 3.54. The number of amides is 3. The van der Waals surface area contributed by atoms with Gasteiger partial charge in [-0.25, -0.2) is 4.79 Å². The molecule has 0 unspecified atom stereocenters. The summed E-state index contributed by atoms with van der Waals surface area (Å²) < 4.78 is 38.4. The molecule has 0 saturated carbocycles. The Hall–Kier alpha value is -3.03. The van der Waals surface area contributed by atoms with Gasteiger partial charge in [0.05, 0.1) is 11.3 Å². The van der Waals surface area contributed by atoms with E-state index in [1.54, 1.807) is 0 Å². The molecule has 28 heavy (non-hydrogen) atoms. The summed E-state index contributed by atoms with van der Waals surface area (Å²) in [7, 11) is 0. The van der Waals surface area contributed by atoms with Gasteiger partial charge in [-0.15, -0.1) is 0 Å². The van der Waals surface area contributed by atoms with Crippen molar-refractivity contribution in [3.63, 3.8) is 0 Å². The van der Waals surface area contributed by atoms with Crippen molar-refractivity contribution < 1.29 is 22.8 Å². The third-order valence-corrected chi connectivity index (χ3v) is 4.98.